The number of aromatic amines is 1. The topological polar surface area (TPSA) is 87.0 Å². The van der Waals surface area contributed by atoms with Gasteiger partial charge < -0.3 is 20.9 Å². The molecular weight excluding hydrogens is 302 g/mol. The average Bonchev–Trinajstić information content (AvgIpc) is 3.23. The minimum absolute atomic E-state index is 0.526. The zero-order valence-corrected chi connectivity index (χ0v) is 14.0. The number of H-pyrrole nitrogens is 1. The molecule has 0 unspecified atom stereocenters. The highest BCUT2D eigenvalue weighted by molar-refractivity contribution is 5.97. The Kier molecular flexibility index (Phi) is 4.04. The van der Waals surface area contributed by atoms with E-state index < -0.39 is 6.03 Å². The number of hydrogen-bond acceptors (Lipinski definition) is 3. The molecule has 0 spiro atoms. The van der Waals surface area contributed by atoms with Crippen LogP contribution in [-0.2, 0) is 0 Å². The Morgan fingerprint density at radius 2 is 1.92 bits per heavy atom. The maximum absolute atomic E-state index is 11.4. The number of primary amides is 1. The van der Waals surface area contributed by atoms with Gasteiger partial charge in [0.05, 0.1) is 22.4 Å². The second-order valence-electron chi connectivity index (χ2n) is 7.03. The quantitative estimate of drug-likeness (QED) is 0.803. The fraction of sp³-hybridized carbons (Fsp3) is 0.556. The van der Waals surface area contributed by atoms with Crippen molar-refractivity contribution in [3.05, 3.63) is 18.0 Å². The van der Waals surface area contributed by atoms with Gasteiger partial charge in [-0.15, -0.1) is 0 Å². The summed E-state index contributed by atoms with van der Waals surface area (Å²) >= 11 is 0. The highest BCUT2D eigenvalue weighted by Crippen LogP contribution is 2.36. The molecule has 2 amide bonds. The second kappa shape index (κ2) is 6.34. The van der Waals surface area contributed by atoms with E-state index >= 15 is 0 Å². The molecule has 1 aromatic carbocycles. The third kappa shape index (κ3) is 2.92. The van der Waals surface area contributed by atoms with Gasteiger partial charge in [0.25, 0.3) is 0 Å². The van der Waals surface area contributed by atoms with Crippen LogP contribution in [0.25, 0.3) is 11.0 Å². The SMILES string of the molecule is NC(=O)Nc1cc2[nH]c(C3CCCCC3)nc2cc1N1CCCC1. The molecule has 4 N–H and O–H groups in total. The molecule has 128 valence electrons. The molecule has 2 fully saturated rings. The number of nitrogens with zero attached hydrogens (tertiary/aromatic N) is 2. The lowest BCUT2D eigenvalue weighted by Crippen LogP contribution is -2.24. The van der Waals surface area contributed by atoms with Gasteiger partial charge in [-0.05, 0) is 37.8 Å². The minimum atomic E-state index is -0.526. The number of benzene rings is 1. The van der Waals surface area contributed by atoms with Crippen molar-refractivity contribution in [2.24, 2.45) is 5.73 Å². The summed E-state index contributed by atoms with van der Waals surface area (Å²) in [6.07, 6.45) is 8.70. The van der Waals surface area contributed by atoms with Gasteiger partial charge in [-0.3, -0.25) is 0 Å². The first kappa shape index (κ1) is 15.3. The number of anilines is 2. The highest BCUT2D eigenvalue weighted by atomic mass is 16.2. The van der Waals surface area contributed by atoms with E-state index in [0.29, 0.717) is 5.92 Å². The van der Waals surface area contributed by atoms with Gasteiger partial charge >= 0.3 is 6.03 Å². The molecule has 0 atom stereocenters. The van der Waals surface area contributed by atoms with Gasteiger partial charge in [0.2, 0.25) is 0 Å². The molecule has 2 aliphatic rings. The number of imidazole rings is 1. The molecule has 1 aromatic heterocycles. The van der Waals surface area contributed by atoms with Crippen LogP contribution in [-0.4, -0.2) is 29.1 Å². The van der Waals surface area contributed by atoms with Crippen molar-refractivity contribution >= 4 is 28.4 Å². The van der Waals surface area contributed by atoms with Crippen LogP contribution in [0.1, 0.15) is 56.7 Å². The third-order valence-electron chi connectivity index (χ3n) is 5.31. The van der Waals surface area contributed by atoms with Crippen molar-refractivity contribution < 1.29 is 4.79 Å². The van der Waals surface area contributed by atoms with Crippen LogP contribution in [0.4, 0.5) is 16.2 Å². The Hall–Kier alpha value is -2.24. The maximum atomic E-state index is 11.4. The van der Waals surface area contributed by atoms with E-state index in [0.717, 1.165) is 41.3 Å². The summed E-state index contributed by atoms with van der Waals surface area (Å²) in [5.74, 6) is 1.63. The fourth-order valence-electron chi connectivity index (χ4n) is 4.09. The molecule has 2 heterocycles. The number of urea groups is 1. The molecule has 2 aromatic rings. The molecule has 6 heteroatoms. The van der Waals surface area contributed by atoms with E-state index in [1.165, 1.54) is 44.9 Å². The first-order valence-electron chi connectivity index (χ1n) is 9.06. The van der Waals surface area contributed by atoms with Gasteiger partial charge in [-0.2, -0.15) is 0 Å². The molecule has 0 bridgehead atoms. The van der Waals surface area contributed by atoms with Crippen molar-refractivity contribution in [1.82, 2.24) is 9.97 Å². The van der Waals surface area contributed by atoms with E-state index in [9.17, 15) is 4.79 Å². The van der Waals surface area contributed by atoms with Gasteiger partial charge in [0.1, 0.15) is 5.82 Å². The Morgan fingerprint density at radius 3 is 2.62 bits per heavy atom. The van der Waals surface area contributed by atoms with Crippen LogP contribution in [0, 0.1) is 0 Å². The summed E-state index contributed by atoms with van der Waals surface area (Å²) < 4.78 is 0. The Bertz CT molecular complexity index is 741. The third-order valence-corrected chi connectivity index (χ3v) is 5.31. The zero-order chi connectivity index (χ0) is 16.5. The highest BCUT2D eigenvalue weighted by Gasteiger charge is 2.22. The number of rotatable bonds is 3. The average molecular weight is 327 g/mol. The fourth-order valence-corrected chi connectivity index (χ4v) is 4.09. The first-order chi connectivity index (χ1) is 11.7. The molecule has 6 nitrogen and oxygen atoms in total. The van der Waals surface area contributed by atoms with Gasteiger partial charge in [-0.1, -0.05) is 19.3 Å². The largest absolute Gasteiger partial charge is 0.370 e. The second-order valence-corrected chi connectivity index (χ2v) is 7.03. The molecule has 0 radical (unpaired) electrons. The van der Waals surface area contributed by atoms with Crippen LogP contribution in [0.3, 0.4) is 0 Å². The van der Waals surface area contributed by atoms with Crippen molar-refractivity contribution in [3.8, 4) is 0 Å². The van der Waals surface area contributed by atoms with Crippen molar-refractivity contribution in [2.75, 3.05) is 23.3 Å². The Morgan fingerprint density at radius 1 is 1.17 bits per heavy atom. The van der Waals surface area contributed by atoms with Crippen molar-refractivity contribution in [2.45, 2.75) is 50.9 Å². The van der Waals surface area contributed by atoms with E-state index in [1.807, 2.05) is 6.07 Å². The predicted octanol–water partition coefficient (Wildman–Crippen LogP) is 3.70. The van der Waals surface area contributed by atoms with E-state index in [4.69, 9.17) is 10.7 Å². The van der Waals surface area contributed by atoms with Crippen LogP contribution in [0.2, 0.25) is 0 Å². The van der Waals surface area contributed by atoms with Crippen LogP contribution < -0.4 is 16.0 Å². The molecule has 24 heavy (non-hydrogen) atoms. The predicted molar refractivity (Wildman–Crippen MR) is 96.6 cm³/mol. The van der Waals surface area contributed by atoms with E-state index in [2.05, 4.69) is 21.3 Å². The van der Waals surface area contributed by atoms with Gasteiger partial charge in [0.15, 0.2) is 0 Å². The number of carbonyl (C=O) groups is 1. The number of aromatic nitrogens is 2. The normalized spacial score (nSPS) is 19.1. The lowest BCUT2D eigenvalue weighted by Gasteiger charge is -2.21. The van der Waals surface area contributed by atoms with Crippen molar-refractivity contribution in [3.63, 3.8) is 0 Å². The summed E-state index contributed by atoms with van der Waals surface area (Å²) in [4.78, 5) is 22.0. The molecular formula is C18H25N5O. The number of amides is 2. The summed E-state index contributed by atoms with van der Waals surface area (Å²) in [5.41, 5.74) is 9.12. The monoisotopic (exact) mass is 327 g/mol. The summed E-state index contributed by atoms with van der Waals surface area (Å²) in [6, 6.07) is 3.55. The van der Waals surface area contributed by atoms with Gasteiger partial charge in [-0.25, -0.2) is 9.78 Å². The summed E-state index contributed by atoms with van der Waals surface area (Å²) in [5, 5.41) is 2.78. The smallest absolute Gasteiger partial charge is 0.316 e. The first-order valence-corrected chi connectivity index (χ1v) is 9.06. The van der Waals surface area contributed by atoms with Crippen LogP contribution in [0.5, 0.6) is 0 Å². The molecule has 4 rings (SSSR count). The Balaban J connectivity index is 1.73. The molecule has 1 saturated heterocycles. The number of nitrogens with two attached hydrogens (primary N) is 1. The lowest BCUT2D eigenvalue weighted by atomic mass is 9.89. The van der Waals surface area contributed by atoms with Crippen molar-refractivity contribution in [1.29, 1.82) is 0 Å². The lowest BCUT2D eigenvalue weighted by molar-refractivity contribution is 0.259. The van der Waals surface area contributed by atoms with Crippen LogP contribution >= 0.6 is 0 Å². The number of nitrogens with one attached hydrogen (secondary N) is 2. The number of carbonyl (C=O) groups excluding carboxylic acids is 1. The number of hydrogen-bond donors (Lipinski definition) is 3. The molecule has 1 aliphatic carbocycles. The standard InChI is InChI=1S/C18H25N5O/c19-18(24)22-15-10-13-14(11-16(15)23-8-4-5-9-23)21-17(20-13)12-6-2-1-3-7-12/h10-12H,1-9H2,(H,20,21)(H3,19,22,24). The summed E-state index contributed by atoms with van der Waals surface area (Å²) in [6.45, 7) is 2.03. The zero-order valence-electron chi connectivity index (χ0n) is 14.0. The summed E-state index contributed by atoms with van der Waals surface area (Å²) in [7, 11) is 0. The molecule has 1 aliphatic heterocycles. The number of fused-ring (bicyclic) bond motifs is 1. The van der Waals surface area contributed by atoms with E-state index in [1.54, 1.807) is 0 Å². The van der Waals surface area contributed by atoms with Crippen LogP contribution in [0.15, 0.2) is 12.1 Å². The maximum Gasteiger partial charge on any atom is 0.316 e. The van der Waals surface area contributed by atoms with E-state index in [-0.39, 0.29) is 0 Å². The van der Waals surface area contributed by atoms with Gasteiger partial charge in [0, 0.05) is 19.0 Å². The Labute approximate surface area is 141 Å². The molecule has 1 saturated carbocycles. The minimum Gasteiger partial charge on any atom is -0.370 e.